The van der Waals surface area contributed by atoms with Crippen LogP contribution in [0.3, 0.4) is 0 Å². The maximum Gasteiger partial charge on any atom is 0.338 e. The van der Waals surface area contributed by atoms with E-state index in [4.69, 9.17) is 9.47 Å². The Morgan fingerprint density at radius 1 is 1.03 bits per heavy atom. The number of amides is 1. The van der Waals surface area contributed by atoms with Crippen LogP contribution in [0.1, 0.15) is 41.5 Å². The first kappa shape index (κ1) is 24.6. The standard InChI is InChI=1S/C23H26N2O7S/c1-15-12-25(13-16(2)32-15)33(29,30)19-10-8-18(9-11-19)23(28)31-14-22(27)24-21-7-5-4-6-20(21)17(3)26/h4-11,15-16H,12-14H2,1-3H3,(H,24,27). The Kier molecular flexibility index (Phi) is 7.62. The molecule has 9 nitrogen and oxygen atoms in total. The number of para-hydroxylation sites is 1. The van der Waals surface area contributed by atoms with Crippen molar-refractivity contribution in [2.45, 2.75) is 37.9 Å². The van der Waals surface area contributed by atoms with E-state index < -0.39 is 28.5 Å². The highest BCUT2D eigenvalue weighted by molar-refractivity contribution is 7.89. The third-order valence-corrected chi connectivity index (χ3v) is 6.87. The van der Waals surface area contributed by atoms with Gasteiger partial charge in [-0.05, 0) is 57.2 Å². The Balaban J connectivity index is 1.60. The van der Waals surface area contributed by atoms with Crippen LogP contribution in [-0.2, 0) is 24.3 Å². The summed E-state index contributed by atoms with van der Waals surface area (Å²) in [5, 5.41) is 2.54. The minimum absolute atomic E-state index is 0.0546. The molecule has 10 heteroatoms. The lowest BCUT2D eigenvalue weighted by molar-refractivity contribution is -0.119. The molecule has 0 saturated carbocycles. The lowest BCUT2D eigenvalue weighted by Crippen LogP contribution is -2.48. The minimum Gasteiger partial charge on any atom is -0.452 e. The zero-order chi connectivity index (χ0) is 24.2. The first-order valence-corrected chi connectivity index (χ1v) is 11.8. The summed E-state index contributed by atoms with van der Waals surface area (Å²) in [4.78, 5) is 36.1. The summed E-state index contributed by atoms with van der Waals surface area (Å²) >= 11 is 0. The second-order valence-electron chi connectivity index (χ2n) is 7.83. The molecule has 2 aromatic rings. The fourth-order valence-electron chi connectivity index (χ4n) is 3.54. The van der Waals surface area contributed by atoms with Crippen LogP contribution < -0.4 is 5.32 Å². The van der Waals surface area contributed by atoms with Gasteiger partial charge in [0, 0.05) is 18.7 Å². The average molecular weight is 475 g/mol. The smallest absolute Gasteiger partial charge is 0.338 e. The normalized spacial score (nSPS) is 19.0. The van der Waals surface area contributed by atoms with E-state index in [1.54, 1.807) is 24.3 Å². The lowest BCUT2D eigenvalue weighted by atomic mass is 10.1. The van der Waals surface area contributed by atoms with Crippen LogP contribution in [-0.4, -0.2) is 62.3 Å². The molecule has 1 aliphatic rings. The molecule has 1 aliphatic heterocycles. The number of rotatable bonds is 7. The average Bonchev–Trinajstić information content (AvgIpc) is 2.77. The van der Waals surface area contributed by atoms with Crippen LogP contribution in [0.4, 0.5) is 5.69 Å². The number of ketones is 1. The van der Waals surface area contributed by atoms with E-state index in [1.807, 2.05) is 13.8 Å². The van der Waals surface area contributed by atoms with Gasteiger partial charge in [0.25, 0.3) is 5.91 Å². The maximum absolute atomic E-state index is 12.9. The second-order valence-corrected chi connectivity index (χ2v) is 9.77. The predicted octanol–water partition coefficient (Wildman–Crippen LogP) is 2.48. The van der Waals surface area contributed by atoms with Gasteiger partial charge in [0.15, 0.2) is 12.4 Å². The fraction of sp³-hybridized carbons (Fsp3) is 0.348. The van der Waals surface area contributed by atoms with E-state index in [-0.39, 0.29) is 41.5 Å². The number of Topliss-reactive ketones (excluding diaryl/α,β-unsaturated/α-hetero) is 1. The number of morpholine rings is 1. The molecule has 33 heavy (non-hydrogen) atoms. The molecular formula is C23H26N2O7S. The molecule has 1 heterocycles. The van der Waals surface area contributed by atoms with E-state index in [2.05, 4.69) is 5.32 Å². The Bertz CT molecular complexity index is 1140. The predicted molar refractivity (Wildman–Crippen MR) is 121 cm³/mol. The van der Waals surface area contributed by atoms with Gasteiger partial charge >= 0.3 is 5.97 Å². The SMILES string of the molecule is CC(=O)c1ccccc1NC(=O)COC(=O)c1ccc(S(=O)(=O)N2CC(C)OC(C)C2)cc1. The van der Waals surface area contributed by atoms with Crippen LogP contribution in [0.25, 0.3) is 0 Å². The molecule has 0 aromatic heterocycles. The number of sulfonamides is 1. The van der Waals surface area contributed by atoms with Gasteiger partial charge in [-0.2, -0.15) is 4.31 Å². The van der Waals surface area contributed by atoms with Crippen LogP contribution in [0.15, 0.2) is 53.4 Å². The van der Waals surface area contributed by atoms with Crippen molar-refractivity contribution in [3.63, 3.8) is 0 Å². The summed E-state index contributed by atoms with van der Waals surface area (Å²) in [6, 6.07) is 11.8. The number of carbonyl (C=O) groups excluding carboxylic acids is 3. The van der Waals surface area contributed by atoms with Crippen LogP contribution in [0.5, 0.6) is 0 Å². The first-order valence-electron chi connectivity index (χ1n) is 10.4. The highest BCUT2D eigenvalue weighted by Crippen LogP contribution is 2.22. The molecule has 2 unspecified atom stereocenters. The Morgan fingerprint density at radius 3 is 2.24 bits per heavy atom. The molecule has 2 aromatic carbocycles. The van der Waals surface area contributed by atoms with Crippen molar-refractivity contribution in [1.29, 1.82) is 0 Å². The van der Waals surface area contributed by atoms with Gasteiger partial charge in [-0.25, -0.2) is 13.2 Å². The number of nitrogens with zero attached hydrogens (tertiary/aromatic N) is 1. The van der Waals surface area contributed by atoms with Crippen LogP contribution >= 0.6 is 0 Å². The molecule has 0 spiro atoms. The maximum atomic E-state index is 12.9. The Hall–Kier alpha value is -3.08. The molecule has 0 aliphatic carbocycles. The van der Waals surface area contributed by atoms with Crippen molar-refractivity contribution >= 4 is 33.4 Å². The molecule has 0 bridgehead atoms. The van der Waals surface area contributed by atoms with Crippen molar-refractivity contribution < 1.29 is 32.3 Å². The lowest BCUT2D eigenvalue weighted by Gasteiger charge is -2.34. The minimum atomic E-state index is -3.73. The summed E-state index contributed by atoms with van der Waals surface area (Å²) in [5.41, 5.74) is 0.778. The highest BCUT2D eigenvalue weighted by atomic mass is 32.2. The Labute approximate surface area is 192 Å². The topological polar surface area (TPSA) is 119 Å². The van der Waals surface area contributed by atoms with Gasteiger partial charge in [0.2, 0.25) is 10.0 Å². The molecular weight excluding hydrogens is 448 g/mol. The second kappa shape index (κ2) is 10.2. The van der Waals surface area contributed by atoms with Gasteiger partial charge in [-0.15, -0.1) is 0 Å². The number of nitrogens with one attached hydrogen (secondary N) is 1. The largest absolute Gasteiger partial charge is 0.452 e. The molecule has 176 valence electrons. The number of hydrogen-bond donors (Lipinski definition) is 1. The van der Waals surface area contributed by atoms with Gasteiger partial charge in [-0.3, -0.25) is 9.59 Å². The zero-order valence-corrected chi connectivity index (χ0v) is 19.4. The monoisotopic (exact) mass is 474 g/mol. The Morgan fingerprint density at radius 2 is 1.64 bits per heavy atom. The van der Waals surface area contributed by atoms with E-state index >= 15 is 0 Å². The van der Waals surface area contributed by atoms with Crippen LogP contribution in [0, 0.1) is 0 Å². The molecule has 1 fully saturated rings. The molecule has 1 saturated heterocycles. The van der Waals surface area contributed by atoms with Crippen molar-refractivity contribution in [3.8, 4) is 0 Å². The molecule has 1 N–H and O–H groups in total. The summed E-state index contributed by atoms with van der Waals surface area (Å²) in [7, 11) is -3.73. The third kappa shape index (κ3) is 6.04. The summed E-state index contributed by atoms with van der Waals surface area (Å²) in [6.07, 6.45) is -0.433. The van der Waals surface area contributed by atoms with E-state index in [0.717, 1.165) is 0 Å². The highest BCUT2D eigenvalue weighted by Gasteiger charge is 2.32. The first-order chi connectivity index (χ1) is 15.6. The molecule has 2 atom stereocenters. The number of ether oxygens (including phenoxy) is 2. The van der Waals surface area contributed by atoms with Gasteiger partial charge in [0.1, 0.15) is 0 Å². The number of benzene rings is 2. The summed E-state index contributed by atoms with van der Waals surface area (Å²) < 4.78 is 37.8. The summed E-state index contributed by atoms with van der Waals surface area (Å²) in [6.45, 7) is 4.94. The van der Waals surface area contributed by atoms with Crippen molar-refractivity contribution in [3.05, 3.63) is 59.7 Å². The van der Waals surface area contributed by atoms with Crippen LogP contribution in [0.2, 0.25) is 0 Å². The van der Waals surface area contributed by atoms with Crippen molar-refractivity contribution in [1.82, 2.24) is 4.31 Å². The number of carbonyl (C=O) groups is 3. The molecule has 0 radical (unpaired) electrons. The van der Waals surface area contributed by atoms with E-state index in [0.29, 0.717) is 11.3 Å². The third-order valence-electron chi connectivity index (χ3n) is 5.03. The number of esters is 1. The fourth-order valence-corrected chi connectivity index (χ4v) is 5.13. The van der Waals surface area contributed by atoms with Gasteiger partial charge in [0.05, 0.1) is 28.4 Å². The molecule has 3 rings (SSSR count). The quantitative estimate of drug-likeness (QED) is 0.484. The van der Waals surface area contributed by atoms with Crippen molar-refractivity contribution in [2.24, 2.45) is 0 Å². The zero-order valence-electron chi connectivity index (χ0n) is 18.6. The number of anilines is 1. The number of hydrogen-bond acceptors (Lipinski definition) is 7. The van der Waals surface area contributed by atoms with Gasteiger partial charge in [-0.1, -0.05) is 12.1 Å². The van der Waals surface area contributed by atoms with Gasteiger partial charge < -0.3 is 14.8 Å². The van der Waals surface area contributed by atoms with E-state index in [9.17, 15) is 22.8 Å². The van der Waals surface area contributed by atoms with E-state index in [1.165, 1.54) is 35.5 Å². The van der Waals surface area contributed by atoms with Crippen molar-refractivity contribution in [2.75, 3.05) is 25.0 Å². The summed E-state index contributed by atoms with van der Waals surface area (Å²) in [5.74, 6) is -1.59. The molecule has 1 amide bonds.